The van der Waals surface area contributed by atoms with Gasteiger partial charge in [-0.3, -0.25) is 9.55 Å². The molecule has 1 fully saturated rings. The van der Waals surface area contributed by atoms with Crippen LogP contribution in [0.3, 0.4) is 0 Å². The standard InChI is InChI=1S/C19H14F2N6OS/c20-12-1-4-15(21)14(9-12)18-23-16(26-28-18)10-29-19-25-24-17(27(19)13-2-3-13)11-5-7-22-8-6-11/h1,4-9,13H,2-3,10H2. The number of hydrogen-bond donors (Lipinski definition) is 0. The van der Waals surface area contributed by atoms with E-state index >= 15 is 0 Å². The molecule has 0 radical (unpaired) electrons. The molecule has 3 aromatic heterocycles. The van der Waals surface area contributed by atoms with E-state index in [0.29, 0.717) is 17.6 Å². The van der Waals surface area contributed by atoms with Gasteiger partial charge < -0.3 is 4.52 Å². The second kappa shape index (κ2) is 7.36. The van der Waals surface area contributed by atoms with E-state index in [1.165, 1.54) is 11.8 Å². The highest BCUT2D eigenvalue weighted by Crippen LogP contribution is 2.41. The van der Waals surface area contributed by atoms with Crippen LogP contribution in [0.25, 0.3) is 22.8 Å². The molecular weight excluding hydrogens is 398 g/mol. The van der Waals surface area contributed by atoms with Gasteiger partial charge in [-0.1, -0.05) is 16.9 Å². The summed E-state index contributed by atoms with van der Waals surface area (Å²) in [5, 5.41) is 13.3. The van der Waals surface area contributed by atoms with Crippen molar-refractivity contribution in [3.8, 4) is 22.8 Å². The first-order valence-corrected chi connectivity index (χ1v) is 9.94. The van der Waals surface area contributed by atoms with Crippen LogP contribution < -0.4 is 0 Å². The fourth-order valence-electron chi connectivity index (χ4n) is 2.95. The van der Waals surface area contributed by atoms with Gasteiger partial charge in [0, 0.05) is 24.0 Å². The summed E-state index contributed by atoms with van der Waals surface area (Å²) in [7, 11) is 0. The molecule has 0 spiro atoms. The number of thioether (sulfide) groups is 1. The quantitative estimate of drug-likeness (QED) is 0.437. The van der Waals surface area contributed by atoms with Crippen LogP contribution in [0.4, 0.5) is 8.78 Å². The molecule has 0 bridgehead atoms. The molecular formula is C19H14F2N6OS. The van der Waals surface area contributed by atoms with Gasteiger partial charge in [0.25, 0.3) is 5.89 Å². The monoisotopic (exact) mass is 412 g/mol. The Labute approximate surface area is 168 Å². The summed E-state index contributed by atoms with van der Waals surface area (Å²) in [5.74, 6) is 0.277. The van der Waals surface area contributed by atoms with Crippen molar-refractivity contribution in [2.75, 3.05) is 0 Å². The molecule has 0 amide bonds. The van der Waals surface area contributed by atoms with Gasteiger partial charge in [0.15, 0.2) is 16.8 Å². The van der Waals surface area contributed by atoms with E-state index in [1.54, 1.807) is 12.4 Å². The molecule has 1 saturated carbocycles. The number of halogens is 2. The topological polar surface area (TPSA) is 82.5 Å². The molecule has 0 aliphatic heterocycles. The maximum absolute atomic E-state index is 13.9. The lowest BCUT2D eigenvalue weighted by atomic mass is 10.2. The first-order chi connectivity index (χ1) is 14.2. The molecule has 0 unspecified atom stereocenters. The van der Waals surface area contributed by atoms with Crippen molar-refractivity contribution in [2.24, 2.45) is 0 Å². The van der Waals surface area contributed by atoms with E-state index in [9.17, 15) is 8.78 Å². The number of rotatable bonds is 6. The Balaban J connectivity index is 1.37. The average molecular weight is 412 g/mol. The predicted octanol–water partition coefficient (Wildman–Crippen LogP) is 4.30. The summed E-state index contributed by atoms with van der Waals surface area (Å²) < 4.78 is 34.5. The molecule has 5 rings (SSSR count). The van der Waals surface area contributed by atoms with Gasteiger partial charge in [-0.05, 0) is 43.2 Å². The van der Waals surface area contributed by atoms with Crippen molar-refractivity contribution in [1.29, 1.82) is 0 Å². The van der Waals surface area contributed by atoms with Crippen molar-refractivity contribution < 1.29 is 13.3 Å². The van der Waals surface area contributed by atoms with Gasteiger partial charge in [0.05, 0.1) is 11.3 Å². The third kappa shape index (κ3) is 3.63. The zero-order valence-electron chi connectivity index (χ0n) is 15.0. The molecule has 0 N–H and O–H groups in total. The summed E-state index contributed by atoms with van der Waals surface area (Å²) in [6.07, 6.45) is 5.60. The molecule has 4 aromatic rings. The van der Waals surface area contributed by atoms with Crippen LogP contribution in [0.15, 0.2) is 52.4 Å². The van der Waals surface area contributed by atoms with Crippen LogP contribution in [-0.2, 0) is 5.75 Å². The zero-order valence-corrected chi connectivity index (χ0v) is 15.8. The van der Waals surface area contributed by atoms with Crippen molar-refractivity contribution in [2.45, 2.75) is 29.8 Å². The number of nitrogens with zero attached hydrogens (tertiary/aromatic N) is 6. The smallest absolute Gasteiger partial charge is 0.261 e. The van der Waals surface area contributed by atoms with E-state index in [-0.39, 0.29) is 11.5 Å². The van der Waals surface area contributed by atoms with E-state index in [2.05, 4.69) is 29.9 Å². The summed E-state index contributed by atoms with van der Waals surface area (Å²) in [6, 6.07) is 7.27. The largest absolute Gasteiger partial charge is 0.334 e. The highest BCUT2D eigenvalue weighted by Gasteiger charge is 2.30. The van der Waals surface area contributed by atoms with Crippen molar-refractivity contribution in [1.82, 2.24) is 29.9 Å². The Hall–Kier alpha value is -3.14. The third-order valence-corrected chi connectivity index (χ3v) is 5.41. The first kappa shape index (κ1) is 17.9. The Bertz CT molecular complexity index is 1160. The summed E-state index contributed by atoms with van der Waals surface area (Å²) >= 11 is 1.42. The lowest BCUT2D eigenvalue weighted by Crippen LogP contribution is -2.00. The Morgan fingerprint density at radius 2 is 1.93 bits per heavy atom. The number of aromatic nitrogens is 6. The molecule has 7 nitrogen and oxygen atoms in total. The van der Waals surface area contributed by atoms with Gasteiger partial charge in [0.2, 0.25) is 0 Å². The average Bonchev–Trinajstić information content (AvgIpc) is 3.31. The van der Waals surface area contributed by atoms with Gasteiger partial charge in [-0.15, -0.1) is 10.2 Å². The van der Waals surface area contributed by atoms with Crippen LogP contribution >= 0.6 is 11.8 Å². The number of pyridine rings is 1. The highest BCUT2D eigenvalue weighted by atomic mass is 32.2. The van der Waals surface area contributed by atoms with Crippen LogP contribution in [-0.4, -0.2) is 29.9 Å². The van der Waals surface area contributed by atoms with Gasteiger partial charge in [0.1, 0.15) is 11.6 Å². The van der Waals surface area contributed by atoms with Crippen molar-refractivity contribution >= 4 is 11.8 Å². The maximum Gasteiger partial charge on any atom is 0.261 e. The zero-order chi connectivity index (χ0) is 19.8. The molecule has 0 saturated heterocycles. The minimum Gasteiger partial charge on any atom is -0.334 e. The fraction of sp³-hybridized carbons (Fsp3) is 0.211. The fourth-order valence-corrected chi connectivity index (χ4v) is 3.80. The van der Waals surface area contributed by atoms with Crippen LogP contribution in [0.5, 0.6) is 0 Å². The lowest BCUT2D eigenvalue weighted by molar-refractivity contribution is 0.422. The van der Waals surface area contributed by atoms with Crippen molar-refractivity contribution in [3.05, 3.63) is 60.2 Å². The van der Waals surface area contributed by atoms with Gasteiger partial charge in [-0.2, -0.15) is 4.98 Å². The van der Waals surface area contributed by atoms with E-state index < -0.39 is 11.6 Å². The Morgan fingerprint density at radius 3 is 2.72 bits per heavy atom. The molecule has 0 atom stereocenters. The van der Waals surface area contributed by atoms with E-state index in [0.717, 1.165) is 47.6 Å². The van der Waals surface area contributed by atoms with E-state index in [1.807, 2.05) is 12.1 Å². The Kier molecular flexibility index (Phi) is 4.55. The van der Waals surface area contributed by atoms with E-state index in [4.69, 9.17) is 4.52 Å². The predicted molar refractivity (Wildman–Crippen MR) is 101 cm³/mol. The molecule has 146 valence electrons. The molecule has 10 heteroatoms. The third-order valence-electron chi connectivity index (χ3n) is 4.47. The Morgan fingerprint density at radius 1 is 1.10 bits per heavy atom. The molecule has 3 heterocycles. The number of hydrogen-bond acceptors (Lipinski definition) is 7. The SMILES string of the molecule is Fc1ccc(F)c(-c2nc(CSc3nnc(-c4ccncc4)n3C3CC3)no2)c1. The summed E-state index contributed by atoms with van der Waals surface area (Å²) in [6.45, 7) is 0. The lowest BCUT2D eigenvalue weighted by Gasteiger charge is -2.07. The molecule has 1 aliphatic rings. The summed E-state index contributed by atoms with van der Waals surface area (Å²) in [5.41, 5.74) is 0.893. The molecule has 1 aliphatic carbocycles. The summed E-state index contributed by atoms with van der Waals surface area (Å²) in [4.78, 5) is 8.22. The molecule has 29 heavy (non-hydrogen) atoms. The van der Waals surface area contributed by atoms with Crippen LogP contribution in [0.2, 0.25) is 0 Å². The molecule has 1 aromatic carbocycles. The van der Waals surface area contributed by atoms with Crippen LogP contribution in [0.1, 0.15) is 24.7 Å². The first-order valence-electron chi connectivity index (χ1n) is 8.95. The second-order valence-electron chi connectivity index (χ2n) is 6.57. The minimum atomic E-state index is -0.621. The van der Waals surface area contributed by atoms with Crippen molar-refractivity contribution in [3.63, 3.8) is 0 Å². The van der Waals surface area contributed by atoms with Gasteiger partial charge in [-0.25, -0.2) is 8.78 Å². The minimum absolute atomic E-state index is 0.0567. The second-order valence-corrected chi connectivity index (χ2v) is 7.51. The van der Waals surface area contributed by atoms with Crippen LogP contribution in [0, 0.1) is 11.6 Å². The highest BCUT2D eigenvalue weighted by molar-refractivity contribution is 7.98. The normalized spacial score (nSPS) is 13.7. The number of benzene rings is 1. The maximum atomic E-state index is 13.9. The van der Waals surface area contributed by atoms with Gasteiger partial charge >= 0.3 is 0 Å².